The molecule has 0 aliphatic carbocycles. The normalized spacial score (nSPS) is 10.8. The van der Waals surface area contributed by atoms with Crippen molar-refractivity contribution < 1.29 is 4.74 Å². The average molecular weight is 346 g/mol. The van der Waals surface area contributed by atoms with Crippen molar-refractivity contribution in [1.82, 2.24) is 15.2 Å². The van der Waals surface area contributed by atoms with E-state index in [-0.39, 0.29) is 0 Å². The Kier molecular flexibility index (Phi) is 5.68. The largest absolute Gasteiger partial charge is 0.382 e. The van der Waals surface area contributed by atoms with E-state index in [4.69, 9.17) is 4.74 Å². The highest BCUT2D eigenvalue weighted by Crippen LogP contribution is 2.33. The molecule has 0 amide bonds. The molecule has 0 aliphatic heterocycles. The van der Waals surface area contributed by atoms with E-state index in [0.717, 1.165) is 47.3 Å². The molecule has 5 nitrogen and oxygen atoms in total. The van der Waals surface area contributed by atoms with Crippen LogP contribution in [0, 0.1) is 0 Å². The summed E-state index contributed by atoms with van der Waals surface area (Å²) in [5.74, 6) is 0.560. The first-order valence-electron chi connectivity index (χ1n) is 7.52. The molecular weight excluding hydrogens is 328 g/mol. The second-order valence-electron chi connectivity index (χ2n) is 4.76. The van der Waals surface area contributed by atoms with Gasteiger partial charge in [0.2, 0.25) is 5.95 Å². The summed E-state index contributed by atoms with van der Waals surface area (Å²) in [5, 5.41) is 15.9. The van der Waals surface area contributed by atoms with Gasteiger partial charge in [-0.1, -0.05) is 12.1 Å². The first kappa shape index (κ1) is 16.0. The van der Waals surface area contributed by atoms with E-state index in [0.29, 0.717) is 5.95 Å². The Bertz CT molecular complexity index is 714. The lowest BCUT2D eigenvalue weighted by atomic mass is 10.2. The van der Waals surface area contributed by atoms with Gasteiger partial charge in [0, 0.05) is 19.8 Å². The van der Waals surface area contributed by atoms with Gasteiger partial charge in [0.25, 0.3) is 0 Å². The number of ether oxygens (including phenoxy) is 1. The van der Waals surface area contributed by atoms with Crippen LogP contribution in [0.1, 0.15) is 13.3 Å². The Morgan fingerprint density at radius 2 is 1.78 bits per heavy atom. The van der Waals surface area contributed by atoms with Gasteiger partial charge in [0.1, 0.15) is 11.4 Å². The molecule has 3 heterocycles. The van der Waals surface area contributed by atoms with Crippen molar-refractivity contribution in [2.24, 2.45) is 0 Å². The molecule has 0 bridgehead atoms. The van der Waals surface area contributed by atoms with Crippen molar-refractivity contribution in [2.45, 2.75) is 13.3 Å². The van der Waals surface area contributed by atoms with Crippen LogP contribution < -0.4 is 5.32 Å². The Morgan fingerprint density at radius 1 is 1.04 bits per heavy atom. The summed E-state index contributed by atoms with van der Waals surface area (Å²) in [6.07, 6.45) is 0.915. The number of hydrogen-bond donors (Lipinski definition) is 1. The van der Waals surface area contributed by atoms with Crippen LogP contribution in [-0.2, 0) is 4.74 Å². The summed E-state index contributed by atoms with van der Waals surface area (Å²) in [7, 11) is 0. The van der Waals surface area contributed by atoms with Crippen molar-refractivity contribution in [3.8, 4) is 21.1 Å². The van der Waals surface area contributed by atoms with E-state index >= 15 is 0 Å². The van der Waals surface area contributed by atoms with Gasteiger partial charge in [0.15, 0.2) is 0 Å². The lowest BCUT2D eigenvalue weighted by Crippen LogP contribution is -2.10. The van der Waals surface area contributed by atoms with E-state index in [1.807, 2.05) is 35.9 Å². The first-order valence-corrected chi connectivity index (χ1v) is 9.28. The first-order chi connectivity index (χ1) is 11.4. The van der Waals surface area contributed by atoms with Gasteiger partial charge >= 0.3 is 0 Å². The van der Waals surface area contributed by atoms with Crippen LogP contribution in [0.5, 0.6) is 0 Å². The third-order valence-corrected chi connectivity index (χ3v) is 4.90. The van der Waals surface area contributed by atoms with Crippen molar-refractivity contribution >= 4 is 28.6 Å². The van der Waals surface area contributed by atoms with Gasteiger partial charge in [0.05, 0.1) is 9.75 Å². The second-order valence-corrected chi connectivity index (χ2v) is 6.66. The molecule has 0 saturated carbocycles. The minimum atomic E-state index is 0.560. The van der Waals surface area contributed by atoms with Gasteiger partial charge in [-0.05, 0) is 36.2 Å². The van der Waals surface area contributed by atoms with Gasteiger partial charge in [-0.25, -0.2) is 4.98 Å². The third kappa shape index (κ3) is 4.13. The Hall–Kier alpha value is -1.83. The van der Waals surface area contributed by atoms with Crippen LogP contribution in [0.15, 0.2) is 35.0 Å². The number of aromatic nitrogens is 3. The van der Waals surface area contributed by atoms with Crippen LogP contribution in [0.4, 0.5) is 5.95 Å². The van der Waals surface area contributed by atoms with Gasteiger partial charge < -0.3 is 10.1 Å². The molecule has 0 saturated heterocycles. The molecule has 3 rings (SSSR count). The molecule has 0 radical (unpaired) electrons. The van der Waals surface area contributed by atoms with Crippen LogP contribution in [0.2, 0.25) is 0 Å². The van der Waals surface area contributed by atoms with E-state index < -0.39 is 0 Å². The zero-order chi connectivity index (χ0) is 15.9. The second kappa shape index (κ2) is 8.14. The van der Waals surface area contributed by atoms with Crippen molar-refractivity contribution in [3.63, 3.8) is 0 Å². The maximum Gasteiger partial charge on any atom is 0.243 e. The molecule has 0 aromatic carbocycles. The van der Waals surface area contributed by atoms with E-state index in [9.17, 15) is 0 Å². The molecule has 23 heavy (non-hydrogen) atoms. The number of thiophene rings is 2. The topological polar surface area (TPSA) is 59.9 Å². The molecule has 0 fully saturated rings. The fourth-order valence-electron chi connectivity index (χ4n) is 2.08. The molecule has 0 atom stereocenters. The van der Waals surface area contributed by atoms with Crippen LogP contribution >= 0.6 is 22.7 Å². The lowest BCUT2D eigenvalue weighted by Gasteiger charge is -2.08. The molecule has 0 aliphatic rings. The maximum absolute atomic E-state index is 5.33. The van der Waals surface area contributed by atoms with Crippen molar-refractivity contribution in [2.75, 3.05) is 25.1 Å². The minimum Gasteiger partial charge on any atom is -0.382 e. The van der Waals surface area contributed by atoms with Gasteiger partial charge in [-0.15, -0.1) is 32.9 Å². The Labute approximate surface area is 143 Å². The molecule has 1 N–H and O–H groups in total. The molecular formula is C16H18N4OS2. The van der Waals surface area contributed by atoms with Crippen molar-refractivity contribution in [3.05, 3.63) is 35.0 Å². The number of hydrogen-bond acceptors (Lipinski definition) is 7. The quantitative estimate of drug-likeness (QED) is 0.620. The number of rotatable bonds is 8. The number of anilines is 1. The predicted octanol–water partition coefficient (Wildman–Crippen LogP) is 4.17. The summed E-state index contributed by atoms with van der Waals surface area (Å²) >= 11 is 3.30. The number of nitrogens with zero attached hydrogens (tertiary/aromatic N) is 3. The zero-order valence-corrected chi connectivity index (χ0v) is 14.5. The van der Waals surface area contributed by atoms with E-state index in [1.165, 1.54) is 0 Å². The highest BCUT2D eigenvalue weighted by atomic mass is 32.1. The Balaban J connectivity index is 1.80. The fraction of sp³-hybridized carbons (Fsp3) is 0.312. The smallest absolute Gasteiger partial charge is 0.243 e. The summed E-state index contributed by atoms with van der Waals surface area (Å²) in [5.41, 5.74) is 1.71. The molecule has 120 valence electrons. The zero-order valence-electron chi connectivity index (χ0n) is 12.9. The third-order valence-electron chi connectivity index (χ3n) is 3.15. The van der Waals surface area contributed by atoms with Gasteiger partial charge in [-0.2, -0.15) is 0 Å². The molecule has 0 spiro atoms. The monoisotopic (exact) mass is 346 g/mol. The van der Waals surface area contributed by atoms with Crippen molar-refractivity contribution in [1.29, 1.82) is 0 Å². The molecule has 7 heteroatoms. The molecule has 3 aromatic rings. The average Bonchev–Trinajstić information content (AvgIpc) is 3.28. The van der Waals surface area contributed by atoms with E-state index in [2.05, 4.69) is 26.6 Å². The predicted molar refractivity (Wildman–Crippen MR) is 96.1 cm³/mol. The molecule has 3 aromatic heterocycles. The maximum atomic E-state index is 5.33. The standard InChI is InChI=1S/C16H18N4OS2/c1-2-21-9-5-8-17-16-18-14(12-6-3-10-22-12)15(19-20-16)13-7-4-11-23-13/h3-4,6-7,10-11H,2,5,8-9H2,1H3,(H,17,18,20). The summed E-state index contributed by atoms with van der Waals surface area (Å²) in [4.78, 5) is 6.86. The summed E-state index contributed by atoms with van der Waals surface area (Å²) in [6.45, 7) is 4.25. The lowest BCUT2D eigenvalue weighted by molar-refractivity contribution is 0.147. The highest BCUT2D eigenvalue weighted by Gasteiger charge is 2.14. The van der Waals surface area contributed by atoms with Gasteiger partial charge in [-0.3, -0.25) is 0 Å². The van der Waals surface area contributed by atoms with E-state index in [1.54, 1.807) is 22.7 Å². The van der Waals surface area contributed by atoms with Crippen LogP contribution in [0.25, 0.3) is 21.1 Å². The SMILES string of the molecule is CCOCCCNc1nnc(-c2cccs2)c(-c2cccs2)n1. The fourth-order valence-corrected chi connectivity index (χ4v) is 3.51. The Morgan fingerprint density at radius 3 is 2.43 bits per heavy atom. The highest BCUT2D eigenvalue weighted by molar-refractivity contribution is 7.14. The van der Waals surface area contributed by atoms with Crippen LogP contribution in [-0.4, -0.2) is 34.9 Å². The molecule has 0 unspecified atom stereocenters. The summed E-state index contributed by atoms with van der Waals surface area (Å²) in [6, 6.07) is 8.14. The number of nitrogens with one attached hydrogen (secondary N) is 1. The van der Waals surface area contributed by atoms with Crippen LogP contribution in [0.3, 0.4) is 0 Å². The minimum absolute atomic E-state index is 0.560. The summed E-state index contributed by atoms with van der Waals surface area (Å²) < 4.78 is 5.33.